The van der Waals surface area contributed by atoms with E-state index < -0.39 is 17.7 Å². The first-order valence-corrected chi connectivity index (χ1v) is 11.0. The molecule has 0 radical (unpaired) electrons. The molecule has 2 aromatic heterocycles. The smallest absolute Gasteiger partial charge is 0.409 e. The molecule has 0 unspecified atom stereocenters. The van der Waals surface area contributed by atoms with E-state index in [9.17, 15) is 13.6 Å². The normalized spacial score (nSPS) is 10.9. The summed E-state index contributed by atoms with van der Waals surface area (Å²) in [6.07, 6.45) is 1.49. The van der Waals surface area contributed by atoms with Gasteiger partial charge in [-0.05, 0) is 42.7 Å². The number of pyridine rings is 2. The fraction of sp³-hybridized carbons (Fsp3) is 0.192. The molecule has 0 bridgehead atoms. The Labute approximate surface area is 200 Å². The highest BCUT2D eigenvalue weighted by molar-refractivity contribution is 5.88. The summed E-state index contributed by atoms with van der Waals surface area (Å²) in [5, 5.41) is 14.9. The quantitative estimate of drug-likeness (QED) is 0.292. The summed E-state index contributed by atoms with van der Waals surface area (Å²) in [4.78, 5) is 20.1. The first-order chi connectivity index (χ1) is 16.9. The van der Waals surface area contributed by atoms with Crippen LogP contribution >= 0.6 is 0 Å². The van der Waals surface area contributed by atoms with Crippen molar-refractivity contribution in [2.45, 2.75) is 19.8 Å². The Hall–Kier alpha value is -4.27. The largest absolute Gasteiger partial charge is 0.497 e. The number of benzene rings is 2. The molecule has 2 aromatic carbocycles. The van der Waals surface area contributed by atoms with E-state index >= 15 is 0 Å². The Bertz CT molecular complexity index is 1380. The lowest BCUT2D eigenvalue weighted by atomic mass is 9.99. The lowest BCUT2D eigenvalue weighted by Crippen LogP contribution is -2.09. The van der Waals surface area contributed by atoms with Gasteiger partial charge in [-0.2, -0.15) is 0 Å². The Balaban J connectivity index is 1.59. The number of fused-ring (bicyclic) bond motifs is 1. The summed E-state index contributed by atoms with van der Waals surface area (Å²) in [6, 6.07) is 13.2. The SMILES string of the molecule is CCc1nc2cc(NCCc3ccc(OC)cc3)ncc2cc1-c1cc(NC(=O)O)c(F)cc1F. The summed E-state index contributed by atoms with van der Waals surface area (Å²) in [7, 11) is 1.63. The van der Waals surface area contributed by atoms with Crippen molar-refractivity contribution in [1.29, 1.82) is 0 Å². The van der Waals surface area contributed by atoms with Crippen LogP contribution in [0, 0.1) is 11.6 Å². The number of rotatable bonds is 8. The van der Waals surface area contributed by atoms with Gasteiger partial charge in [0.15, 0.2) is 0 Å². The van der Waals surface area contributed by atoms with Crippen LogP contribution in [0.4, 0.5) is 25.1 Å². The van der Waals surface area contributed by atoms with Crippen molar-refractivity contribution in [2.24, 2.45) is 0 Å². The zero-order chi connectivity index (χ0) is 24.9. The molecule has 0 saturated carbocycles. The molecule has 4 rings (SSSR count). The molecule has 0 atom stereocenters. The van der Waals surface area contributed by atoms with Crippen molar-refractivity contribution in [3.05, 3.63) is 77.6 Å². The van der Waals surface area contributed by atoms with E-state index in [4.69, 9.17) is 9.84 Å². The Kier molecular flexibility index (Phi) is 7.05. The van der Waals surface area contributed by atoms with Crippen LogP contribution in [0.2, 0.25) is 0 Å². The fourth-order valence-electron chi connectivity index (χ4n) is 3.80. The highest BCUT2D eigenvalue weighted by Gasteiger charge is 2.17. The number of methoxy groups -OCH3 is 1. The van der Waals surface area contributed by atoms with E-state index in [-0.39, 0.29) is 11.3 Å². The number of halogens is 2. The zero-order valence-corrected chi connectivity index (χ0v) is 19.2. The van der Waals surface area contributed by atoms with Crippen molar-refractivity contribution < 1.29 is 23.4 Å². The highest BCUT2D eigenvalue weighted by Crippen LogP contribution is 2.33. The van der Waals surface area contributed by atoms with Crippen molar-refractivity contribution in [3.63, 3.8) is 0 Å². The maximum Gasteiger partial charge on any atom is 0.409 e. The van der Waals surface area contributed by atoms with Crippen LogP contribution in [-0.2, 0) is 12.8 Å². The van der Waals surface area contributed by atoms with Crippen LogP contribution in [-0.4, -0.2) is 34.8 Å². The highest BCUT2D eigenvalue weighted by atomic mass is 19.1. The molecule has 9 heteroatoms. The summed E-state index contributed by atoms with van der Waals surface area (Å²) in [6.45, 7) is 2.55. The van der Waals surface area contributed by atoms with Crippen molar-refractivity contribution >= 4 is 28.5 Å². The average molecular weight is 478 g/mol. The van der Waals surface area contributed by atoms with Crippen molar-refractivity contribution in [2.75, 3.05) is 24.3 Å². The topological polar surface area (TPSA) is 96.4 Å². The second kappa shape index (κ2) is 10.3. The monoisotopic (exact) mass is 478 g/mol. The molecule has 0 saturated heterocycles. The summed E-state index contributed by atoms with van der Waals surface area (Å²) in [5.74, 6) is -0.328. The van der Waals surface area contributed by atoms with Gasteiger partial charge in [-0.25, -0.2) is 18.6 Å². The minimum absolute atomic E-state index is 0.0584. The number of amides is 1. The lowest BCUT2D eigenvalue weighted by molar-refractivity contribution is 0.209. The van der Waals surface area contributed by atoms with E-state index in [1.807, 2.05) is 42.6 Å². The third-order valence-electron chi connectivity index (χ3n) is 5.58. The molecule has 7 nitrogen and oxygen atoms in total. The van der Waals surface area contributed by atoms with E-state index in [1.165, 1.54) is 0 Å². The summed E-state index contributed by atoms with van der Waals surface area (Å²) < 4.78 is 33.9. The van der Waals surface area contributed by atoms with Crippen LogP contribution < -0.4 is 15.4 Å². The zero-order valence-electron chi connectivity index (χ0n) is 19.2. The number of carboxylic acid groups (broad SMARTS) is 1. The van der Waals surface area contributed by atoms with Crippen LogP contribution in [0.15, 0.2) is 54.7 Å². The van der Waals surface area contributed by atoms with Crippen LogP contribution in [0.5, 0.6) is 5.75 Å². The molecule has 35 heavy (non-hydrogen) atoms. The molecule has 0 aliphatic rings. The van der Waals surface area contributed by atoms with Gasteiger partial charge < -0.3 is 15.2 Å². The first-order valence-electron chi connectivity index (χ1n) is 11.0. The molecule has 0 fully saturated rings. The van der Waals surface area contributed by atoms with Gasteiger partial charge in [0, 0.05) is 47.1 Å². The lowest BCUT2D eigenvalue weighted by Gasteiger charge is -2.13. The summed E-state index contributed by atoms with van der Waals surface area (Å²) in [5.41, 5.74) is 2.62. The third kappa shape index (κ3) is 5.46. The maximum atomic E-state index is 14.7. The molecular formula is C26H24F2N4O3. The van der Waals surface area contributed by atoms with E-state index in [2.05, 4.69) is 15.3 Å². The molecule has 3 N–H and O–H groups in total. The van der Waals surface area contributed by atoms with Crippen LogP contribution in [0.1, 0.15) is 18.2 Å². The number of anilines is 2. The number of carbonyl (C=O) groups is 1. The van der Waals surface area contributed by atoms with Crippen molar-refractivity contribution in [3.8, 4) is 16.9 Å². The van der Waals surface area contributed by atoms with Crippen LogP contribution in [0.3, 0.4) is 0 Å². The number of aromatic nitrogens is 2. The van der Waals surface area contributed by atoms with Gasteiger partial charge in [0.25, 0.3) is 0 Å². The molecule has 1 amide bonds. The standard InChI is InChI=1S/C26H24F2N4O3/c1-3-22-19(18-11-24(32-26(33)34)21(28)12-20(18)27)10-16-14-30-25(13-23(16)31-22)29-9-8-15-4-6-17(35-2)7-5-15/h4-7,10-14,32H,3,8-9H2,1-2H3,(H,29,30)(H,33,34). The average Bonchev–Trinajstić information content (AvgIpc) is 2.85. The number of hydrogen-bond donors (Lipinski definition) is 3. The van der Waals surface area contributed by atoms with Gasteiger partial charge in [0.1, 0.15) is 23.2 Å². The first kappa shape index (κ1) is 23.9. The molecule has 4 aromatic rings. The maximum absolute atomic E-state index is 14.7. The number of ether oxygens (including phenoxy) is 1. The minimum atomic E-state index is -1.44. The molecule has 0 spiro atoms. The molecule has 0 aliphatic carbocycles. The number of aryl methyl sites for hydroxylation is 1. The fourth-order valence-corrected chi connectivity index (χ4v) is 3.80. The van der Waals surface area contributed by atoms with Gasteiger partial charge >= 0.3 is 6.09 Å². The van der Waals surface area contributed by atoms with E-state index in [0.717, 1.165) is 23.8 Å². The third-order valence-corrected chi connectivity index (χ3v) is 5.58. The van der Waals surface area contributed by atoms with Gasteiger partial charge in [-0.15, -0.1) is 0 Å². The molecular weight excluding hydrogens is 454 g/mol. The molecule has 2 heterocycles. The Morgan fingerprint density at radius 3 is 2.51 bits per heavy atom. The van der Waals surface area contributed by atoms with Crippen molar-refractivity contribution in [1.82, 2.24) is 9.97 Å². The van der Waals surface area contributed by atoms with Crippen LogP contribution in [0.25, 0.3) is 22.0 Å². The van der Waals surface area contributed by atoms with E-state index in [1.54, 1.807) is 19.4 Å². The van der Waals surface area contributed by atoms with Gasteiger partial charge in [0.2, 0.25) is 0 Å². The number of nitrogens with one attached hydrogen (secondary N) is 2. The second-order valence-electron chi connectivity index (χ2n) is 7.87. The predicted molar refractivity (Wildman–Crippen MR) is 131 cm³/mol. The number of nitrogens with zero attached hydrogens (tertiary/aromatic N) is 2. The van der Waals surface area contributed by atoms with Gasteiger partial charge in [-0.1, -0.05) is 19.1 Å². The Morgan fingerprint density at radius 1 is 1.06 bits per heavy atom. The Morgan fingerprint density at radius 2 is 1.83 bits per heavy atom. The minimum Gasteiger partial charge on any atom is -0.497 e. The molecule has 0 aliphatic heterocycles. The second-order valence-corrected chi connectivity index (χ2v) is 7.87. The number of hydrogen-bond acceptors (Lipinski definition) is 5. The predicted octanol–water partition coefficient (Wildman–Crippen LogP) is 5.89. The molecule has 180 valence electrons. The van der Waals surface area contributed by atoms with Gasteiger partial charge in [0.05, 0.1) is 18.3 Å². The van der Waals surface area contributed by atoms with Gasteiger partial charge in [-0.3, -0.25) is 10.3 Å². The summed E-state index contributed by atoms with van der Waals surface area (Å²) >= 11 is 0. The van der Waals surface area contributed by atoms with E-state index in [0.29, 0.717) is 47.0 Å².